The third-order valence-corrected chi connectivity index (χ3v) is 2.53. The van der Waals surface area contributed by atoms with E-state index in [4.69, 9.17) is 11.6 Å². The maximum Gasteiger partial charge on any atom is 0.0426 e. The molecule has 0 unspecified atom stereocenters. The molecule has 86 valence electrons. The predicted molar refractivity (Wildman–Crippen MR) is 71.0 cm³/mol. The standard InChI is InChI=1S/C10H13ClN2.2ClH/c11-9-2-1-3-10(8-9)13-6-4-12-5-7-13;;/h1-3,8,12H,4-7H2;2*1H. The van der Waals surface area contributed by atoms with Crippen LogP contribution < -0.4 is 10.2 Å². The van der Waals surface area contributed by atoms with Gasteiger partial charge in [-0.2, -0.15) is 0 Å². The van der Waals surface area contributed by atoms with Crippen LogP contribution in [-0.4, -0.2) is 26.2 Å². The molecule has 2 rings (SSSR count). The molecule has 0 aliphatic carbocycles. The number of anilines is 1. The van der Waals surface area contributed by atoms with Crippen molar-refractivity contribution in [2.24, 2.45) is 0 Å². The van der Waals surface area contributed by atoms with Gasteiger partial charge in [-0.05, 0) is 18.2 Å². The lowest BCUT2D eigenvalue weighted by molar-refractivity contribution is 0.589. The summed E-state index contributed by atoms with van der Waals surface area (Å²) in [5.74, 6) is 0. The van der Waals surface area contributed by atoms with Gasteiger partial charge in [0.05, 0.1) is 0 Å². The van der Waals surface area contributed by atoms with Crippen LogP contribution in [0.2, 0.25) is 5.02 Å². The molecule has 1 fully saturated rings. The molecule has 1 N–H and O–H groups in total. The summed E-state index contributed by atoms with van der Waals surface area (Å²) in [7, 11) is 0. The molecule has 5 heteroatoms. The Morgan fingerprint density at radius 2 is 1.80 bits per heavy atom. The summed E-state index contributed by atoms with van der Waals surface area (Å²) in [6.45, 7) is 4.26. The summed E-state index contributed by atoms with van der Waals surface area (Å²) in [5, 5.41) is 4.14. The second-order valence-corrected chi connectivity index (χ2v) is 3.65. The summed E-state index contributed by atoms with van der Waals surface area (Å²) in [6.07, 6.45) is 0. The van der Waals surface area contributed by atoms with Crippen LogP contribution in [0.3, 0.4) is 0 Å². The van der Waals surface area contributed by atoms with E-state index in [2.05, 4.69) is 16.3 Å². The minimum atomic E-state index is 0. The number of nitrogens with one attached hydrogen (secondary N) is 1. The quantitative estimate of drug-likeness (QED) is 0.843. The largest absolute Gasteiger partial charge is 0.369 e. The first kappa shape index (κ1) is 14.8. The van der Waals surface area contributed by atoms with Crippen molar-refractivity contribution < 1.29 is 0 Å². The molecule has 1 heterocycles. The zero-order valence-corrected chi connectivity index (χ0v) is 10.7. The van der Waals surface area contributed by atoms with E-state index in [-0.39, 0.29) is 24.8 Å². The molecule has 0 spiro atoms. The van der Waals surface area contributed by atoms with Crippen molar-refractivity contribution in [2.45, 2.75) is 0 Å². The SMILES string of the molecule is Cl.Cl.Clc1cccc(N2CCNCC2)c1. The van der Waals surface area contributed by atoms with Gasteiger partial charge in [0.2, 0.25) is 0 Å². The van der Waals surface area contributed by atoms with Crippen molar-refractivity contribution in [3.05, 3.63) is 29.3 Å². The van der Waals surface area contributed by atoms with Crippen molar-refractivity contribution >= 4 is 42.1 Å². The van der Waals surface area contributed by atoms with E-state index in [0.717, 1.165) is 31.2 Å². The fourth-order valence-electron chi connectivity index (χ4n) is 1.60. The highest BCUT2D eigenvalue weighted by atomic mass is 35.5. The van der Waals surface area contributed by atoms with Crippen molar-refractivity contribution in [1.82, 2.24) is 5.32 Å². The maximum absolute atomic E-state index is 5.92. The van der Waals surface area contributed by atoms with Crippen LogP contribution in [0.15, 0.2) is 24.3 Å². The Balaban J connectivity index is 0.000000980. The van der Waals surface area contributed by atoms with Crippen LogP contribution in [0.5, 0.6) is 0 Å². The van der Waals surface area contributed by atoms with Gasteiger partial charge in [0.25, 0.3) is 0 Å². The molecule has 0 atom stereocenters. The van der Waals surface area contributed by atoms with Gasteiger partial charge in [-0.1, -0.05) is 17.7 Å². The molecule has 1 aromatic carbocycles. The summed E-state index contributed by atoms with van der Waals surface area (Å²) in [4.78, 5) is 2.35. The molecule has 0 amide bonds. The molecule has 0 radical (unpaired) electrons. The number of benzene rings is 1. The summed E-state index contributed by atoms with van der Waals surface area (Å²) < 4.78 is 0. The average Bonchev–Trinajstić information content (AvgIpc) is 2.19. The van der Waals surface area contributed by atoms with Crippen molar-refractivity contribution in [1.29, 1.82) is 0 Å². The summed E-state index contributed by atoms with van der Waals surface area (Å²) in [6, 6.07) is 8.04. The second-order valence-electron chi connectivity index (χ2n) is 3.22. The molecule has 1 aromatic rings. The Morgan fingerprint density at radius 3 is 2.40 bits per heavy atom. The van der Waals surface area contributed by atoms with E-state index in [9.17, 15) is 0 Å². The van der Waals surface area contributed by atoms with Crippen LogP contribution in [0.4, 0.5) is 5.69 Å². The average molecular weight is 270 g/mol. The minimum Gasteiger partial charge on any atom is -0.369 e. The second kappa shape index (κ2) is 7.18. The van der Waals surface area contributed by atoms with Gasteiger partial charge in [-0.25, -0.2) is 0 Å². The molecule has 1 aliphatic heterocycles. The molecule has 15 heavy (non-hydrogen) atoms. The van der Waals surface area contributed by atoms with Crippen LogP contribution >= 0.6 is 36.4 Å². The molecule has 1 aliphatic rings. The van der Waals surface area contributed by atoms with Gasteiger partial charge in [0.15, 0.2) is 0 Å². The molecule has 0 bridgehead atoms. The monoisotopic (exact) mass is 268 g/mol. The van der Waals surface area contributed by atoms with Gasteiger partial charge in [0, 0.05) is 36.9 Å². The van der Waals surface area contributed by atoms with Crippen LogP contribution in [-0.2, 0) is 0 Å². The van der Waals surface area contributed by atoms with Crippen LogP contribution in [0.1, 0.15) is 0 Å². The Bertz CT molecular complexity index is 288. The fourth-order valence-corrected chi connectivity index (χ4v) is 1.78. The molecule has 0 saturated carbocycles. The zero-order chi connectivity index (χ0) is 9.10. The van der Waals surface area contributed by atoms with Crippen LogP contribution in [0.25, 0.3) is 0 Å². The van der Waals surface area contributed by atoms with Crippen molar-refractivity contribution in [3.8, 4) is 0 Å². The first-order chi connectivity index (χ1) is 6.36. The number of hydrogen-bond donors (Lipinski definition) is 1. The Hall–Kier alpha value is -0.150. The summed E-state index contributed by atoms with van der Waals surface area (Å²) in [5.41, 5.74) is 1.23. The minimum absolute atomic E-state index is 0. The molecule has 0 aromatic heterocycles. The number of hydrogen-bond acceptors (Lipinski definition) is 2. The van der Waals surface area contributed by atoms with E-state index in [1.165, 1.54) is 5.69 Å². The van der Waals surface area contributed by atoms with E-state index < -0.39 is 0 Å². The zero-order valence-electron chi connectivity index (χ0n) is 8.28. The first-order valence-corrected chi connectivity index (χ1v) is 4.95. The van der Waals surface area contributed by atoms with Crippen molar-refractivity contribution in [2.75, 3.05) is 31.1 Å². The molecule has 1 saturated heterocycles. The van der Waals surface area contributed by atoms with Gasteiger partial charge in [-0.3, -0.25) is 0 Å². The third-order valence-electron chi connectivity index (χ3n) is 2.29. The number of rotatable bonds is 1. The topological polar surface area (TPSA) is 15.3 Å². The highest BCUT2D eigenvalue weighted by Gasteiger charge is 2.09. The maximum atomic E-state index is 5.92. The van der Waals surface area contributed by atoms with E-state index in [0.29, 0.717) is 0 Å². The highest BCUT2D eigenvalue weighted by molar-refractivity contribution is 6.30. The summed E-state index contributed by atoms with van der Waals surface area (Å²) >= 11 is 5.92. The lowest BCUT2D eigenvalue weighted by Crippen LogP contribution is -2.43. The number of halogens is 3. The molecule has 2 nitrogen and oxygen atoms in total. The Labute approximate surface area is 108 Å². The van der Waals surface area contributed by atoms with Gasteiger partial charge >= 0.3 is 0 Å². The Morgan fingerprint density at radius 1 is 1.13 bits per heavy atom. The van der Waals surface area contributed by atoms with Gasteiger partial charge in [0.1, 0.15) is 0 Å². The Kier molecular flexibility index (Phi) is 7.11. The number of piperazine rings is 1. The van der Waals surface area contributed by atoms with Crippen molar-refractivity contribution in [3.63, 3.8) is 0 Å². The smallest absolute Gasteiger partial charge is 0.0426 e. The van der Waals surface area contributed by atoms with Crippen LogP contribution in [0, 0.1) is 0 Å². The van der Waals surface area contributed by atoms with E-state index in [1.807, 2.05) is 18.2 Å². The molecular formula is C10H15Cl3N2. The van der Waals surface area contributed by atoms with E-state index >= 15 is 0 Å². The van der Waals surface area contributed by atoms with Gasteiger partial charge < -0.3 is 10.2 Å². The lowest BCUT2D eigenvalue weighted by atomic mass is 10.2. The highest BCUT2D eigenvalue weighted by Crippen LogP contribution is 2.19. The fraction of sp³-hybridized carbons (Fsp3) is 0.400. The normalized spacial score (nSPS) is 15.1. The first-order valence-electron chi connectivity index (χ1n) is 4.57. The van der Waals surface area contributed by atoms with E-state index in [1.54, 1.807) is 0 Å². The van der Waals surface area contributed by atoms with Gasteiger partial charge in [-0.15, -0.1) is 24.8 Å². The lowest BCUT2D eigenvalue weighted by Gasteiger charge is -2.29. The molecular weight excluding hydrogens is 254 g/mol. The predicted octanol–water partition coefficient (Wildman–Crippen LogP) is 2.59. The number of nitrogens with zero attached hydrogens (tertiary/aromatic N) is 1. The third kappa shape index (κ3) is 4.07.